The van der Waals surface area contributed by atoms with E-state index in [9.17, 15) is 18.4 Å². The lowest BCUT2D eigenvalue weighted by Gasteiger charge is -2.29. The molecule has 1 saturated heterocycles. The lowest BCUT2D eigenvalue weighted by atomic mass is 10.0. The molecular weight excluding hydrogens is 364 g/mol. The second-order valence-electron chi connectivity index (χ2n) is 8.00. The molecule has 5 nitrogen and oxygen atoms in total. The van der Waals surface area contributed by atoms with E-state index in [1.54, 1.807) is 13.8 Å². The van der Waals surface area contributed by atoms with E-state index in [0.29, 0.717) is 6.54 Å². The van der Waals surface area contributed by atoms with E-state index in [2.05, 4.69) is 22.5 Å². The normalized spacial score (nSPS) is 17.2. The smallest absolute Gasteiger partial charge is 0.257 e. The maximum Gasteiger partial charge on any atom is 0.257 e. The van der Waals surface area contributed by atoms with Gasteiger partial charge in [-0.05, 0) is 49.9 Å². The number of carbonyl (C=O) groups is 2. The van der Waals surface area contributed by atoms with Crippen molar-refractivity contribution in [3.8, 4) is 0 Å². The molecule has 7 heteroatoms. The Morgan fingerprint density at radius 3 is 2.25 bits per heavy atom. The first kappa shape index (κ1) is 22.3. The third kappa shape index (κ3) is 6.26. The van der Waals surface area contributed by atoms with E-state index in [4.69, 9.17) is 0 Å². The lowest BCUT2D eigenvalue weighted by Crippen LogP contribution is -2.51. The number of benzene rings is 1. The maximum atomic E-state index is 13.8. The maximum absolute atomic E-state index is 13.8. The van der Waals surface area contributed by atoms with E-state index >= 15 is 0 Å². The molecule has 1 aromatic carbocycles. The zero-order valence-electron chi connectivity index (χ0n) is 16.9. The number of halogens is 2. The van der Waals surface area contributed by atoms with Crippen LogP contribution in [0.2, 0.25) is 0 Å². The zero-order valence-corrected chi connectivity index (χ0v) is 16.9. The van der Waals surface area contributed by atoms with Gasteiger partial charge in [0.15, 0.2) is 0 Å². The highest BCUT2D eigenvalue weighted by atomic mass is 19.1. The average Bonchev–Trinajstić information content (AvgIpc) is 2.64. The van der Waals surface area contributed by atoms with Crippen LogP contribution in [0, 0.1) is 23.5 Å². The fraction of sp³-hybridized carbons (Fsp3) is 0.619. The highest BCUT2D eigenvalue weighted by molar-refractivity contribution is 5.98. The highest BCUT2D eigenvalue weighted by Gasteiger charge is 2.27. The molecule has 2 rings (SSSR count). The molecule has 2 unspecified atom stereocenters. The van der Waals surface area contributed by atoms with Gasteiger partial charge in [0, 0.05) is 13.1 Å². The summed E-state index contributed by atoms with van der Waals surface area (Å²) in [5, 5.41) is 5.35. The van der Waals surface area contributed by atoms with Crippen LogP contribution >= 0.6 is 0 Å². The van der Waals surface area contributed by atoms with E-state index in [1.807, 2.05) is 0 Å². The first-order chi connectivity index (χ1) is 13.3. The summed E-state index contributed by atoms with van der Waals surface area (Å²) in [6.45, 7) is 9.22. The van der Waals surface area contributed by atoms with Gasteiger partial charge < -0.3 is 15.5 Å². The summed E-state index contributed by atoms with van der Waals surface area (Å²) in [7, 11) is 0. The van der Waals surface area contributed by atoms with E-state index in [0.717, 1.165) is 31.8 Å². The van der Waals surface area contributed by atoms with Gasteiger partial charge in [-0.2, -0.15) is 0 Å². The summed E-state index contributed by atoms with van der Waals surface area (Å²) in [6, 6.07) is 2.36. The third-order valence-corrected chi connectivity index (χ3v) is 5.07. The van der Waals surface area contributed by atoms with Crippen LogP contribution in [-0.4, -0.2) is 48.9 Å². The van der Waals surface area contributed by atoms with Gasteiger partial charge in [-0.15, -0.1) is 0 Å². The van der Waals surface area contributed by atoms with Crippen LogP contribution in [0.25, 0.3) is 0 Å². The van der Waals surface area contributed by atoms with Gasteiger partial charge in [-0.1, -0.05) is 33.3 Å². The van der Waals surface area contributed by atoms with Gasteiger partial charge in [-0.25, -0.2) is 8.78 Å². The molecular formula is C21H31F2N3O2. The van der Waals surface area contributed by atoms with E-state index in [-0.39, 0.29) is 17.7 Å². The van der Waals surface area contributed by atoms with Crippen molar-refractivity contribution in [2.45, 2.75) is 46.1 Å². The van der Waals surface area contributed by atoms with Crippen molar-refractivity contribution in [3.05, 3.63) is 35.4 Å². The molecule has 2 amide bonds. The van der Waals surface area contributed by atoms with Crippen molar-refractivity contribution in [2.24, 2.45) is 11.8 Å². The highest BCUT2D eigenvalue weighted by Crippen LogP contribution is 2.14. The molecule has 1 fully saturated rings. The fourth-order valence-electron chi connectivity index (χ4n) is 3.50. The van der Waals surface area contributed by atoms with Crippen LogP contribution in [0.3, 0.4) is 0 Å². The predicted octanol–water partition coefficient (Wildman–Crippen LogP) is 2.96. The van der Waals surface area contributed by atoms with Crippen LogP contribution in [0.15, 0.2) is 18.2 Å². The van der Waals surface area contributed by atoms with E-state index < -0.39 is 29.1 Å². The Morgan fingerprint density at radius 1 is 1.07 bits per heavy atom. The second-order valence-corrected chi connectivity index (χ2v) is 8.00. The molecule has 1 aromatic rings. The van der Waals surface area contributed by atoms with Gasteiger partial charge in [0.1, 0.15) is 23.2 Å². The fourth-order valence-corrected chi connectivity index (χ4v) is 3.50. The van der Waals surface area contributed by atoms with Crippen molar-refractivity contribution in [3.63, 3.8) is 0 Å². The van der Waals surface area contributed by atoms with Gasteiger partial charge in [0.2, 0.25) is 5.91 Å². The Morgan fingerprint density at radius 2 is 1.68 bits per heavy atom. The molecule has 2 N–H and O–H groups in total. The molecule has 1 aliphatic heterocycles. The number of piperidine rings is 1. The Hall–Kier alpha value is -2.02. The first-order valence-electron chi connectivity index (χ1n) is 10.0. The quantitative estimate of drug-likeness (QED) is 0.711. The van der Waals surface area contributed by atoms with Crippen molar-refractivity contribution >= 4 is 11.8 Å². The van der Waals surface area contributed by atoms with Crippen molar-refractivity contribution in [1.82, 2.24) is 15.5 Å². The summed E-state index contributed by atoms with van der Waals surface area (Å²) in [5.74, 6) is -3.12. The van der Waals surface area contributed by atoms with Gasteiger partial charge in [0.05, 0.1) is 0 Å². The standard InChI is InChI=1S/C21H31F2N3O2/c1-14(2)19(25-20(27)18-16(22)8-7-9-17(18)23)21(28)24-12-15(3)13-26-10-5-4-6-11-26/h7-9,14-15,19H,4-6,10-13H2,1-3H3,(H,24,28)(H,25,27). The lowest BCUT2D eigenvalue weighted by molar-refractivity contribution is -0.124. The van der Waals surface area contributed by atoms with Gasteiger partial charge >= 0.3 is 0 Å². The summed E-state index contributed by atoms with van der Waals surface area (Å²) in [4.78, 5) is 27.3. The van der Waals surface area contributed by atoms with Crippen molar-refractivity contribution in [2.75, 3.05) is 26.2 Å². The van der Waals surface area contributed by atoms with Crippen molar-refractivity contribution in [1.29, 1.82) is 0 Å². The molecule has 0 radical (unpaired) electrons. The number of hydrogen-bond acceptors (Lipinski definition) is 3. The number of hydrogen-bond donors (Lipinski definition) is 2. The molecule has 2 atom stereocenters. The molecule has 0 aliphatic carbocycles. The third-order valence-electron chi connectivity index (χ3n) is 5.07. The molecule has 1 heterocycles. The summed E-state index contributed by atoms with van der Waals surface area (Å²) in [5.41, 5.74) is -0.667. The molecule has 28 heavy (non-hydrogen) atoms. The SMILES string of the molecule is CC(CNC(=O)C(NC(=O)c1c(F)cccc1F)C(C)C)CN1CCCCC1. The Labute approximate surface area is 165 Å². The largest absolute Gasteiger partial charge is 0.354 e. The molecule has 0 spiro atoms. The van der Waals surface area contributed by atoms with Crippen LogP contribution in [0.5, 0.6) is 0 Å². The van der Waals surface area contributed by atoms with E-state index in [1.165, 1.54) is 25.3 Å². The van der Waals surface area contributed by atoms with Crippen LogP contribution in [0.4, 0.5) is 8.78 Å². The molecule has 0 bridgehead atoms. The van der Waals surface area contributed by atoms with Gasteiger partial charge in [0.25, 0.3) is 5.91 Å². The van der Waals surface area contributed by atoms with Crippen molar-refractivity contribution < 1.29 is 18.4 Å². The Balaban J connectivity index is 1.91. The number of nitrogens with zero attached hydrogens (tertiary/aromatic N) is 1. The Kier molecular flexibility index (Phi) is 8.35. The minimum absolute atomic E-state index is 0.226. The molecule has 0 aromatic heterocycles. The second kappa shape index (κ2) is 10.5. The molecule has 156 valence electrons. The van der Waals surface area contributed by atoms with Crippen LogP contribution < -0.4 is 10.6 Å². The Bertz CT molecular complexity index is 655. The number of carbonyl (C=O) groups excluding carboxylic acids is 2. The predicted molar refractivity (Wildman–Crippen MR) is 105 cm³/mol. The first-order valence-corrected chi connectivity index (χ1v) is 10.0. The summed E-state index contributed by atoms with van der Waals surface area (Å²) < 4.78 is 27.6. The number of nitrogens with one attached hydrogen (secondary N) is 2. The zero-order chi connectivity index (χ0) is 20.7. The number of likely N-dealkylation sites (tertiary alicyclic amines) is 1. The molecule has 1 aliphatic rings. The topological polar surface area (TPSA) is 61.4 Å². The van der Waals surface area contributed by atoms with Gasteiger partial charge in [-0.3, -0.25) is 9.59 Å². The number of amides is 2. The monoisotopic (exact) mass is 395 g/mol. The average molecular weight is 395 g/mol. The summed E-state index contributed by atoms with van der Waals surface area (Å²) in [6.07, 6.45) is 3.71. The van der Waals surface area contributed by atoms with Crippen LogP contribution in [0.1, 0.15) is 50.4 Å². The minimum Gasteiger partial charge on any atom is -0.354 e. The molecule has 0 saturated carbocycles. The summed E-state index contributed by atoms with van der Waals surface area (Å²) >= 11 is 0. The minimum atomic E-state index is -0.949. The van der Waals surface area contributed by atoms with Crippen LogP contribution in [-0.2, 0) is 4.79 Å². The number of rotatable bonds is 8.